The summed E-state index contributed by atoms with van der Waals surface area (Å²) in [6, 6.07) is 0.273. The third-order valence-corrected chi connectivity index (χ3v) is 3.48. The fraction of sp³-hybridized carbons (Fsp3) is 0.786. The molecule has 1 aromatic heterocycles. The van der Waals surface area contributed by atoms with E-state index >= 15 is 0 Å². The van der Waals surface area contributed by atoms with Gasteiger partial charge in [0.25, 0.3) is 0 Å². The number of aromatic nitrogens is 2. The standard InChI is InChI=1S/C14H27N3/c1-10(2)7-6-8-13(15)9-14-11(3)16-17(5)12(14)4/h10,13H,6-9,15H2,1-5H3. The minimum absolute atomic E-state index is 0.273. The zero-order valence-corrected chi connectivity index (χ0v) is 12.0. The molecule has 1 rings (SSSR count). The molecule has 0 aliphatic heterocycles. The number of hydrogen-bond acceptors (Lipinski definition) is 2. The summed E-state index contributed by atoms with van der Waals surface area (Å²) in [6.07, 6.45) is 4.59. The maximum atomic E-state index is 6.20. The smallest absolute Gasteiger partial charge is 0.0628 e. The number of nitrogens with two attached hydrogens (primary N) is 1. The second-order valence-electron chi connectivity index (χ2n) is 5.56. The van der Waals surface area contributed by atoms with Gasteiger partial charge in [0.05, 0.1) is 5.69 Å². The monoisotopic (exact) mass is 237 g/mol. The van der Waals surface area contributed by atoms with Crippen LogP contribution in [0.1, 0.15) is 50.1 Å². The van der Waals surface area contributed by atoms with Crippen LogP contribution >= 0.6 is 0 Å². The van der Waals surface area contributed by atoms with E-state index in [1.165, 1.54) is 24.1 Å². The average molecular weight is 237 g/mol. The molecule has 0 saturated carbocycles. The SMILES string of the molecule is Cc1nn(C)c(C)c1CC(N)CCCC(C)C. The Hall–Kier alpha value is -0.830. The summed E-state index contributed by atoms with van der Waals surface area (Å²) in [5.74, 6) is 0.782. The van der Waals surface area contributed by atoms with Crippen molar-refractivity contribution in [1.29, 1.82) is 0 Å². The van der Waals surface area contributed by atoms with Gasteiger partial charge in [-0.1, -0.05) is 26.7 Å². The quantitative estimate of drug-likeness (QED) is 0.826. The molecule has 1 aromatic rings. The van der Waals surface area contributed by atoms with Crippen molar-refractivity contribution in [1.82, 2.24) is 9.78 Å². The van der Waals surface area contributed by atoms with Crippen LogP contribution in [-0.2, 0) is 13.5 Å². The van der Waals surface area contributed by atoms with E-state index in [9.17, 15) is 0 Å². The summed E-state index contributed by atoms with van der Waals surface area (Å²) in [6.45, 7) is 8.72. The lowest BCUT2D eigenvalue weighted by molar-refractivity contribution is 0.495. The molecular formula is C14H27N3. The van der Waals surface area contributed by atoms with Crippen LogP contribution < -0.4 is 5.73 Å². The number of aryl methyl sites for hydroxylation is 2. The van der Waals surface area contributed by atoms with Crippen molar-refractivity contribution in [2.24, 2.45) is 18.7 Å². The van der Waals surface area contributed by atoms with Gasteiger partial charge in [-0.2, -0.15) is 5.10 Å². The fourth-order valence-corrected chi connectivity index (χ4v) is 2.27. The number of rotatable bonds is 6. The summed E-state index contributed by atoms with van der Waals surface area (Å²) in [5.41, 5.74) is 9.92. The molecule has 3 nitrogen and oxygen atoms in total. The van der Waals surface area contributed by atoms with E-state index in [-0.39, 0.29) is 6.04 Å². The van der Waals surface area contributed by atoms with Crippen molar-refractivity contribution >= 4 is 0 Å². The molecule has 0 saturated heterocycles. The van der Waals surface area contributed by atoms with Crippen LogP contribution in [0.5, 0.6) is 0 Å². The third-order valence-electron chi connectivity index (χ3n) is 3.48. The highest BCUT2D eigenvalue weighted by molar-refractivity contribution is 5.25. The van der Waals surface area contributed by atoms with Gasteiger partial charge in [0, 0.05) is 18.8 Å². The molecule has 3 heteroatoms. The van der Waals surface area contributed by atoms with Crippen molar-refractivity contribution in [3.05, 3.63) is 17.0 Å². The van der Waals surface area contributed by atoms with Crippen molar-refractivity contribution in [3.8, 4) is 0 Å². The highest BCUT2D eigenvalue weighted by Gasteiger charge is 2.13. The number of hydrogen-bond donors (Lipinski definition) is 1. The highest BCUT2D eigenvalue weighted by atomic mass is 15.3. The van der Waals surface area contributed by atoms with Crippen LogP contribution in [0.2, 0.25) is 0 Å². The minimum atomic E-state index is 0.273. The van der Waals surface area contributed by atoms with Crippen molar-refractivity contribution in [3.63, 3.8) is 0 Å². The first kappa shape index (κ1) is 14.2. The maximum Gasteiger partial charge on any atom is 0.0628 e. The van der Waals surface area contributed by atoms with Gasteiger partial charge < -0.3 is 5.73 Å². The molecule has 0 aliphatic rings. The van der Waals surface area contributed by atoms with E-state index in [2.05, 4.69) is 32.8 Å². The van der Waals surface area contributed by atoms with Crippen LogP contribution in [-0.4, -0.2) is 15.8 Å². The van der Waals surface area contributed by atoms with Crippen LogP contribution in [0, 0.1) is 19.8 Å². The van der Waals surface area contributed by atoms with Gasteiger partial charge in [-0.15, -0.1) is 0 Å². The minimum Gasteiger partial charge on any atom is -0.327 e. The molecule has 0 aromatic carbocycles. The predicted octanol–water partition coefficient (Wildman–Crippen LogP) is 2.73. The second kappa shape index (κ2) is 6.20. The van der Waals surface area contributed by atoms with Gasteiger partial charge in [0.1, 0.15) is 0 Å². The largest absolute Gasteiger partial charge is 0.327 e. The Labute approximate surface area is 105 Å². The third kappa shape index (κ3) is 4.15. The molecular weight excluding hydrogens is 210 g/mol. The van der Waals surface area contributed by atoms with Crippen LogP contribution in [0.3, 0.4) is 0 Å². The van der Waals surface area contributed by atoms with Crippen molar-refractivity contribution in [2.45, 2.75) is 59.4 Å². The molecule has 1 unspecified atom stereocenters. The Morgan fingerprint density at radius 3 is 2.35 bits per heavy atom. The number of nitrogens with zero attached hydrogens (tertiary/aromatic N) is 2. The van der Waals surface area contributed by atoms with Crippen molar-refractivity contribution in [2.75, 3.05) is 0 Å². The molecule has 2 N–H and O–H groups in total. The molecule has 1 atom stereocenters. The molecule has 0 amide bonds. The normalized spacial score (nSPS) is 13.4. The zero-order chi connectivity index (χ0) is 13.0. The average Bonchev–Trinajstić information content (AvgIpc) is 2.44. The van der Waals surface area contributed by atoms with Crippen LogP contribution in [0.25, 0.3) is 0 Å². The van der Waals surface area contributed by atoms with Crippen LogP contribution in [0.4, 0.5) is 0 Å². The van der Waals surface area contributed by atoms with Gasteiger partial charge in [-0.05, 0) is 38.2 Å². The van der Waals surface area contributed by atoms with Gasteiger partial charge >= 0.3 is 0 Å². The summed E-state index contributed by atoms with van der Waals surface area (Å²) in [5, 5.41) is 4.43. The van der Waals surface area contributed by atoms with E-state index in [4.69, 9.17) is 5.73 Å². The molecule has 0 fully saturated rings. The molecule has 98 valence electrons. The Bertz CT molecular complexity index is 353. The molecule has 0 radical (unpaired) electrons. The molecule has 0 bridgehead atoms. The van der Waals surface area contributed by atoms with Gasteiger partial charge in [-0.3, -0.25) is 4.68 Å². The summed E-state index contributed by atoms with van der Waals surface area (Å²) < 4.78 is 1.95. The first-order chi connectivity index (χ1) is 7.91. The summed E-state index contributed by atoms with van der Waals surface area (Å²) >= 11 is 0. The molecule has 0 spiro atoms. The van der Waals surface area contributed by atoms with E-state index in [0.717, 1.165) is 24.5 Å². The van der Waals surface area contributed by atoms with Crippen LogP contribution in [0.15, 0.2) is 0 Å². The summed E-state index contributed by atoms with van der Waals surface area (Å²) in [7, 11) is 2.00. The fourth-order valence-electron chi connectivity index (χ4n) is 2.27. The Balaban J connectivity index is 2.47. The first-order valence-electron chi connectivity index (χ1n) is 6.66. The highest BCUT2D eigenvalue weighted by Crippen LogP contribution is 2.16. The predicted molar refractivity (Wildman–Crippen MR) is 73.1 cm³/mol. The Morgan fingerprint density at radius 1 is 1.24 bits per heavy atom. The molecule has 1 heterocycles. The lowest BCUT2D eigenvalue weighted by Crippen LogP contribution is -2.23. The van der Waals surface area contributed by atoms with E-state index < -0.39 is 0 Å². The lowest BCUT2D eigenvalue weighted by atomic mass is 9.98. The van der Waals surface area contributed by atoms with Gasteiger partial charge in [0.2, 0.25) is 0 Å². The zero-order valence-electron chi connectivity index (χ0n) is 12.0. The van der Waals surface area contributed by atoms with Gasteiger partial charge in [0.15, 0.2) is 0 Å². The van der Waals surface area contributed by atoms with E-state index in [0.29, 0.717) is 0 Å². The first-order valence-corrected chi connectivity index (χ1v) is 6.66. The lowest BCUT2D eigenvalue weighted by Gasteiger charge is -2.12. The second-order valence-corrected chi connectivity index (χ2v) is 5.56. The topological polar surface area (TPSA) is 43.8 Å². The van der Waals surface area contributed by atoms with Gasteiger partial charge in [-0.25, -0.2) is 0 Å². The van der Waals surface area contributed by atoms with E-state index in [1.807, 2.05) is 11.7 Å². The summed E-state index contributed by atoms with van der Waals surface area (Å²) in [4.78, 5) is 0. The van der Waals surface area contributed by atoms with E-state index in [1.54, 1.807) is 0 Å². The Kier molecular flexibility index (Phi) is 5.19. The Morgan fingerprint density at radius 2 is 1.88 bits per heavy atom. The maximum absolute atomic E-state index is 6.20. The van der Waals surface area contributed by atoms with Crippen molar-refractivity contribution < 1.29 is 0 Å². The molecule has 17 heavy (non-hydrogen) atoms. The molecule has 0 aliphatic carbocycles.